The Morgan fingerprint density at radius 2 is 1.68 bits per heavy atom. The standard InChI is InChI=1S/C36H49FN4O6/c1-21(42)46-25(20-41(4,5)6)17-32(44)47-24-11-9-22(10-12-24)15-27-26(35(38)45)13-14-29(34(27)37)40-30-18-36(2,3)19-31(43)33(30)28(39-40)16-23-7-8-23/h13-14,22-25H,7-12,15-20H2,1-6H3,(H-,38,45)/p+1. The van der Waals surface area contributed by atoms with Crippen LogP contribution in [0.25, 0.3) is 5.69 Å². The molecule has 10 nitrogen and oxygen atoms in total. The van der Waals surface area contributed by atoms with Crippen molar-refractivity contribution >= 4 is 23.6 Å². The zero-order valence-corrected chi connectivity index (χ0v) is 28.7. The van der Waals surface area contributed by atoms with E-state index in [-0.39, 0.29) is 46.5 Å². The van der Waals surface area contributed by atoms with Gasteiger partial charge in [0.25, 0.3) is 0 Å². The van der Waals surface area contributed by atoms with Gasteiger partial charge < -0.3 is 19.7 Å². The highest BCUT2D eigenvalue weighted by atomic mass is 19.1. The molecule has 0 spiro atoms. The summed E-state index contributed by atoms with van der Waals surface area (Å²) in [5.41, 5.74) is 8.20. The van der Waals surface area contributed by atoms with Crippen molar-refractivity contribution in [2.24, 2.45) is 23.0 Å². The summed E-state index contributed by atoms with van der Waals surface area (Å²) >= 11 is 0. The molecule has 2 fully saturated rings. The maximum Gasteiger partial charge on any atom is 0.310 e. The van der Waals surface area contributed by atoms with Crippen molar-refractivity contribution < 1.29 is 37.5 Å². The lowest BCUT2D eigenvalue weighted by molar-refractivity contribution is -0.873. The number of nitrogens with zero attached hydrogens (tertiary/aromatic N) is 3. The van der Waals surface area contributed by atoms with Gasteiger partial charge in [-0.15, -0.1) is 0 Å². The first-order valence-electron chi connectivity index (χ1n) is 16.9. The number of primary amides is 1. The first-order chi connectivity index (χ1) is 22.0. The summed E-state index contributed by atoms with van der Waals surface area (Å²) in [6.45, 7) is 5.89. The molecule has 2 saturated carbocycles. The van der Waals surface area contributed by atoms with Gasteiger partial charge in [0.15, 0.2) is 17.7 Å². The fourth-order valence-corrected chi connectivity index (χ4v) is 7.32. The van der Waals surface area contributed by atoms with Crippen LogP contribution in [0.3, 0.4) is 0 Å². The molecular weight excluding hydrogens is 603 g/mol. The molecule has 0 radical (unpaired) electrons. The van der Waals surface area contributed by atoms with E-state index in [1.807, 2.05) is 35.0 Å². The second-order valence-electron chi connectivity index (χ2n) is 15.8. The van der Waals surface area contributed by atoms with E-state index in [0.717, 1.165) is 24.2 Å². The Morgan fingerprint density at radius 1 is 1.04 bits per heavy atom. The highest BCUT2D eigenvalue weighted by molar-refractivity contribution is 6.00. The van der Waals surface area contributed by atoms with Gasteiger partial charge >= 0.3 is 11.9 Å². The third-order valence-electron chi connectivity index (χ3n) is 9.58. The molecule has 11 heteroatoms. The minimum Gasteiger partial charge on any atom is -0.462 e. The number of ketones is 1. The Kier molecular flexibility index (Phi) is 9.97. The quantitative estimate of drug-likeness (QED) is 0.255. The summed E-state index contributed by atoms with van der Waals surface area (Å²) in [5.74, 6) is -1.46. The van der Waals surface area contributed by atoms with Gasteiger partial charge in [0.1, 0.15) is 18.3 Å². The average molecular weight is 654 g/mol. The van der Waals surface area contributed by atoms with Gasteiger partial charge in [0, 0.05) is 24.5 Å². The van der Waals surface area contributed by atoms with Crippen molar-refractivity contribution in [1.29, 1.82) is 0 Å². The monoisotopic (exact) mass is 653 g/mol. The van der Waals surface area contributed by atoms with Crippen LogP contribution in [0, 0.1) is 23.1 Å². The number of fused-ring (bicyclic) bond motifs is 1. The van der Waals surface area contributed by atoms with E-state index >= 15 is 4.39 Å². The van der Waals surface area contributed by atoms with E-state index in [1.54, 1.807) is 16.8 Å². The number of nitrogens with two attached hydrogens (primary N) is 1. The zero-order chi connectivity index (χ0) is 34.3. The molecule has 47 heavy (non-hydrogen) atoms. The molecule has 3 aliphatic rings. The number of hydrogen-bond donors (Lipinski definition) is 1. The molecule has 1 unspecified atom stereocenters. The van der Waals surface area contributed by atoms with E-state index in [2.05, 4.69) is 0 Å². The molecule has 2 aromatic rings. The van der Waals surface area contributed by atoms with Crippen molar-refractivity contribution in [3.63, 3.8) is 0 Å². The lowest BCUT2D eigenvalue weighted by Crippen LogP contribution is -2.44. The number of quaternary nitrogens is 1. The number of carbonyl (C=O) groups is 4. The summed E-state index contributed by atoms with van der Waals surface area (Å²) in [4.78, 5) is 50.1. The SMILES string of the molecule is CC(=O)OC(CC(=O)OC1CCC(Cc2c(C(N)=O)ccc(-n3nc(CC4CC4)c4c3CC(C)(C)CC4=O)c2F)CC1)C[N+](C)(C)C. The highest BCUT2D eigenvalue weighted by Gasteiger charge is 2.39. The highest BCUT2D eigenvalue weighted by Crippen LogP contribution is 2.41. The van der Waals surface area contributed by atoms with Crippen molar-refractivity contribution in [2.75, 3.05) is 27.7 Å². The van der Waals surface area contributed by atoms with Crippen LogP contribution < -0.4 is 5.73 Å². The zero-order valence-electron chi connectivity index (χ0n) is 28.7. The van der Waals surface area contributed by atoms with Crippen molar-refractivity contribution in [2.45, 2.75) is 104 Å². The lowest BCUT2D eigenvalue weighted by Gasteiger charge is -2.31. The van der Waals surface area contributed by atoms with E-state index < -0.39 is 29.8 Å². The third kappa shape index (κ3) is 8.66. The number of benzene rings is 1. The molecule has 1 aromatic carbocycles. The second-order valence-corrected chi connectivity index (χ2v) is 15.8. The van der Waals surface area contributed by atoms with E-state index in [9.17, 15) is 19.2 Å². The number of aromatic nitrogens is 2. The van der Waals surface area contributed by atoms with Gasteiger partial charge in [0.2, 0.25) is 5.91 Å². The Bertz CT molecular complexity index is 1550. The third-order valence-corrected chi connectivity index (χ3v) is 9.58. The molecule has 5 rings (SSSR count). The summed E-state index contributed by atoms with van der Waals surface area (Å²) in [7, 11) is 5.88. The number of carbonyl (C=O) groups excluding carboxylic acids is 4. The number of ether oxygens (including phenoxy) is 2. The molecular formula is C36H50FN4O6+. The van der Waals surface area contributed by atoms with Crippen LogP contribution in [0.5, 0.6) is 0 Å². The topological polar surface area (TPSA) is 131 Å². The Morgan fingerprint density at radius 3 is 2.28 bits per heavy atom. The van der Waals surface area contributed by atoms with E-state index in [4.69, 9.17) is 20.3 Å². The molecule has 256 valence electrons. The molecule has 0 aliphatic heterocycles. The van der Waals surface area contributed by atoms with E-state index in [0.29, 0.717) is 73.9 Å². The van der Waals surface area contributed by atoms with Gasteiger partial charge in [-0.3, -0.25) is 19.2 Å². The minimum absolute atomic E-state index is 0.0166. The maximum atomic E-state index is 16.6. The van der Waals surface area contributed by atoms with Crippen LogP contribution in [-0.2, 0) is 38.3 Å². The fraction of sp³-hybridized carbons (Fsp3) is 0.639. The predicted octanol–water partition coefficient (Wildman–Crippen LogP) is 4.89. The molecule has 1 atom stereocenters. The molecule has 1 amide bonds. The van der Waals surface area contributed by atoms with Crippen LogP contribution in [0.4, 0.5) is 4.39 Å². The number of hydrogen-bond acceptors (Lipinski definition) is 7. The van der Waals surface area contributed by atoms with Crippen LogP contribution in [0.1, 0.15) is 110 Å². The number of rotatable bonds is 12. The molecule has 3 aliphatic carbocycles. The normalized spacial score (nSPS) is 21.6. The molecule has 0 saturated heterocycles. The summed E-state index contributed by atoms with van der Waals surface area (Å²) < 4.78 is 29.9. The predicted molar refractivity (Wildman–Crippen MR) is 174 cm³/mol. The average Bonchev–Trinajstić information content (AvgIpc) is 3.68. The Hall–Kier alpha value is -3.60. The van der Waals surface area contributed by atoms with Gasteiger partial charge in [0.05, 0.1) is 44.5 Å². The number of likely N-dealkylation sites (N-methyl/N-ethyl adjacent to an activating group) is 1. The van der Waals surface area contributed by atoms with Crippen LogP contribution in [-0.4, -0.2) is 77.8 Å². The van der Waals surface area contributed by atoms with Crippen molar-refractivity contribution in [1.82, 2.24) is 9.78 Å². The largest absolute Gasteiger partial charge is 0.462 e. The van der Waals surface area contributed by atoms with Gasteiger partial charge in [-0.05, 0) is 87.2 Å². The Balaban J connectivity index is 1.31. The number of esters is 2. The van der Waals surface area contributed by atoms with Gasteiger partial charge in [-0.25, -0.2) is 9.07 Å². The molecule has 1 heterocycles. The van der Waals surface area contributed by atoms with Gasteiger partial charge in [-0.2, -0.15) is 5.10 Å². The summed E-state index contributed by atoms with van der Waals surface area (Å²) in [6, 6.07) is 3.13. The second kappa shape index (κ2) is 13.5. The summed E-state index contributed by atoms with van der Waals surface area (Å²) in [6.07, 6.45) is 5.95. The van der Waals surface area contributed by atoms with Crippen LogP contribution in [0.2, 0.25) is 0 Å². The molecule has 2 N–H and O–H groups in total. The first-order valence-corrected chi connectivity index (χ1v) is 16.9. The lowest BCUT2D eigenvalue weighted by atomic mass is 9.75. The summed E-state index contributed by atoms with van der Waals surface area (Å²) in [5, 5.41) is 4.84. The van der Waals surface area contributed by atoms with Crippen LogP contribution in [0.15, 0.2) is 12.1 Å². The first kappa shape index (κ1) is 34.7. The van der Waals surface area contributed by atoms with Crippen molar-refractivity contribution in [3.05, 3.63) is 46.0 Å². The number of amides is 1. The smallest absolute Gasteiger partial charge is 0.310 e. The minimum atomic E-state index is -0.697. The van der Waals surface area contributed by atoms with E-state index in [1.165, 1.54) is 6.92 Å². The number of Topliss-reactive ketones (excluding diaryl/α,β-unsaturated/α-hetero) is 1. The Labute approximate surface area is 276 Å². The van der Waals surface area contributed by atoms with Gasteiger partial charge in [-0.1, -0.05) is 13.8 Å². The maximum absolute atomic E-state index is 16.6. The van der Waals surface area contributed by atoms with Crippen molar-refractivity contribution in [3.8, 4) is 5.69 Å². The molecule has 0 bridgehead atoms. The fourth-order valence-electron chi connectivity index (χ4n) is 7.32. The number of halogens is 1. The van der Waals surface area contributed by atoms with Crippen LogP contribution >= 0.6 is 0 Å². The molecule has 1 aromatic heterocycles.